The van der Waals surface area contributed by atoms with Crippen molar-refractivity contribution in [2.24, 2.45) is 13.6 Å². The van der Waals surface area contributed by atoms with Crippen LogP contribution in [0.3, 0.4) is 0 Å². The lowest BCUT2D eigenvalue weighted by Gasteiger charge is -2.02. The molecule has 0 spiro atoms. The van der Waals surface area contributed by atoms with Gasteiger partial charge in [-0.15, -0.1) is 0 Å². The Morgan fingerprint density at radius 2 is 0.646 bits per heavy atom. The average molecular weight is 721 g/mol. The summed E-state index contributed by atoms with van der Waals surface area (Å²) in [7, 11) is -11.9. The number of sulfonamides is 3. The first-order chi connectivity index (χ1) is 22.4. The Morgan fingerprint density at radius 3 is 0.792 bits per heavy atom. The van der Waals surface area contributed by atoms with Crippen LogP contribution in [0.5, 0.6) is 0 Å². The maximum absolute atomic E-state index is 11.3. The van der Waals surface area contributed by atoms with Gasteiger partial charge < -0.3 is 16.0 Å². The minimum Gasteiger partial charge on any atom is -0.326 e. The molecule has 3 N–H and O–H groups in total. The molecule has 3 aromatic carbocycles. The zero-order chi connectivity index (χ0) is 36.5. The van der Waals surface area contributed by atoms with Crippen LogP contribution in [0.2, 0.25) is 0 Å². The van der Waals surface area contributed by atoms with Gasteiger partial charge in [0.1, 0.15) is 0 Å². The molecule has 24 heteroatoms. The molecule has 21 nitrogen and oxygen atoms in total. The Hall–Kier alpha value is -6.15. The molecule has 0 fully saturated rings. The van der Waals surface area contributed by atoms with E-state index in [-0.39, 0.29) is 32.4 Å². The number of carbonyl (C=O) groups is 3. The maximum Gasteiger partial charge on any atom is 0.264 e. The molecule has 3 aromatic rings. The van der Waals surface area contributed by atoms with Crippen molar-refractivity contribution in [1.29, 1.82) is 0 Å². The smallest absolute Gasteiger partial charge is 0.264 e. The average Bonchev–Trinajstić information content (AvgIpc) is 2.98. The molecular weight excluding hydrogens is 697 g/mol. The van der Waals surface area contributed by atoms with Gasteiger partial charge in [0.25, 0.3) is 30.1 Å². The van der Waals surface area contributed by atoms with E-state index >= 15 is 0 Å². The van der Waals surface area contributed by atoms with E-state index in [2.05, 4.69) is 44.2 Å². The van der Waals surface area contributed by atoms with Crippen molar-refractivity contribution in [3.05, 3.63) is 104 Å². The number of hydrogen-bond acceptors (Lipinski definition) is 9. The van der Waals surface area contributed by atoms with Crippen LogP contribution in [0.25, 0.3) is 31.3 Å². The van der Waals surface area contributed by atoms with Crippen LogP contribution >= 0.6 is 0 Å². The third kappa shape index (κ3) is 13.9. The fraction of sp³-hybridized carbons (Fsp3) is 0.125. The molecule has 3 rings (SSSR count). The van der Waals surface area contributed by atoms with E-state index in [1.54, 1.807) is 0 Å². The zero-order valence-corrected chi connectivity index (χ0v) is 27.3. The number of nitrogens with zero attached hydrogens (tertiary/aromatic N) is 9. The van der Waals surface area contributed by atoms with Crippen LogP contribution in [-0.2, 0) is 44.5 Å². The third-order valence-electron chi connectivity index (χ3n) is 4.85. The van der Waals surface area contributed by atoms with Crippen LogP contribution < -0.4 is 16.0 Å². The Labute approximate surface area is 273 Å². The highest BCUT2D eigenvalue weighted by molar-refractivity contribution is 7.90. The quantitative estimate of drug-likeness (QED) is 0.153. The van der Waals surface area contributed by atoms with E-state index in [0.29, 0.717) is 17.1 Å². The zero-order valence-electron chi connectivity index (χ0n) is 24.9. The summed E-state index contributed by atoms with van der Waals surface area (Å²) in [4.78, 5) is 38.4. The van der Waals surface area contributed by atoms with Gasteiger partial charge in [-0.05, 0) is 89.4 Å². The number of carbonyl (C=O) groups excluding carboxylic acids is 3. The second-order valence-electron chi connectivity index (χ2n) is 8.56. The van der Waals surface area contributed by atoms with Crippen LogP contribution in [0.4, 0.5) is 17.1 Å². The van der Waals surface area contributed by atoms with Crippen molar-refractivity contribution in [2.45, 2.75) is 35.5 Å². The van der Waals surface area contributed by atoms with E-state index in [0.717, 1.165) is 0 Å². The summed E-state index contributed by atoms with van der Waals surface area (Å²) in [6, 6.07) is 15.9. The Kier molecular flexibility index (Phi) is 15.0. The molecule has 0 atom stereocenters. The van der Waals surface area contributed by atoms with Crippen molar-refractivity contribution in [3.8, 4) is 0 Å². The molecule has 0 saturated heterocycles. The lowest BCUT2D eigenvalue weighted by atomic mass is 10.3. The number of rotatable bonds is 9. The summed E-state index contributed by atoms with van der Waals surface area (Å²) < 4.78 is 75.6. The molecular formula is C24H24N12O9S3. The summed E-state index contributed by atoms with van der Waals surface area (Å²) in [6.45, 7) is 4.01. The highest BCUT2D eigenvalue weighted by Gasteiger charge is 2.13. The van der Waals surface area contributed by atoms with Gasteiger partial charge in [-0.25, -0.2) is 25.3 Å². The Bertz CT molecular complexity index is 1880. The van der Waals surface area contributed by atoms with Gasteiger partial charge in [0.15, 0.2) is 0 Å². The number of benzene rings is 3. The molecule has 0 aliphatic heterocycles. The first kappa shape index (κ1) is 39.9. The van der Waals surface area contributed by atoms with Crippen LogP contribution in [0.15, 0.2) is 101 Å². The van der Waals surface area contributed by atoms with Gasteiger partial charge in [-0.2, -0.15) is 0 Å². The van der Waals surface area contributed by atoms with E-state index < -0.39 is 30.1 Å². The molecule has 0 heterocycles. The number of azide groups is 3. The van der Waals surface area contributed by atoms with Gasteiger partial charge in [-0.1, -0.05) is 0 Å². The second kappa shape index (κ2) is 18.1. The summed E-state index contributed by atoms with van der Waals surface area (Å²) in [5, 5.41) is 7.43. The van der Waals surface area contributed by atoms with Crippen molar-refractivity contribution >= 4 is 64.9 Å². The Balaban J connectivity index is 0.000000360. The molecule has 252 valence electrons. The van der Waals surface area contributed by atoms with Gasteiger partial charge >= 0.3 is 0 Å². The van der Waals surface area contributed by atoms with E-state index in [9.17, 15) is 39.6 Å². The molecule has 0 saturated carbocycles. The Morgan fingerprint density at radius 1 is 0.458 bits per heavy atom. The third-order valence-corrected chi connectivity index (χ3v) is 8.32. The minimum atomic E-state index is -3.96. The summed E-state index contributed by atoms with van der Waals surface area (Å²) in [5.74, 6) is -0.776. The molecule has 0 bridgehead atoms. The molecule has 0 aliphatic rings. The lowest BCUT2D eigenvalue weighted by Crippen LogP contribution is -2.05. The minimum absolute atomic E-state index is 0.126. The summed E-state index contributed by atoms with van der Waals surface area (Å²) in [5.41, 5.74) is 25.6. The number of nitrogens with one attached hydrogen (secondary N) is 3. The van der Waals surface area contributed by atoms with Gasteiger partial charge in [0.2, 0.25) is 17.7 Å². The fourth-order valence-corrected chi connectivity index (χ4v) is 5.04. The number of amides is 3. The highest BCUT2D eigenvalue weighted by atomic mass is 32.2. The van der Waals surface area contributed by atoms with Crippen molar-refractivity contribution in [3.63, 3.8) is 0 Å². The van der Waals surface area contributed by atoms with Crippen molar-refractivity contribution in [1.82, 2.24) is 0 Å². The highest BCUT2D eigenvalue weighted by Crippen LogP contribution is 2.18. The predicted octanol–water partition coefficient (Wildman–Crippen LogP) is 4.93. The molecule has 0 unspecified atom stereocenters. The van der Waals surface area contributed by atoms with Crippen LogP contribution in [0, 0.1) is 0 Å². The summed E-state index contributed by atoms with van der Waals surface area (Å²) in [6.07, 6.45) is 0. The lowest BCUT2D eigenvalue weighted by molar-refractivity contribution is -0.115. The maximum atomic E-state index is 11.3. The fourth-order valence-electron chi connectivity index (χ4n) is 3.03. The topological polar surface area (TPSA) is 336 Å². The van der Waals surface area contributed by atoms with Gasteiger partial charge in [-0.3, -0.25) is 14.4 Å². The van der Waals surface area contributed by atoms with Crippen molar-refractivity contribution in [2.75, 3.05) is 16.0 Å². The van der Waals surface area contributed by atoms with Crippen LogP contribution in [-0.4, -0.2) is 43.0 Å². The first-order valence-electron chi connectivity index (χ1n) is 12.4. The standard InChI is InChI=1S/3C8H8N4O3S/c3*1-6(13)10-7-2-4-8(5-3-7)16(14,15)12-11-9/h3*2-5H,1H3,(H,10,13). The van der Waals surface area contributed by atoms with Crippen LogP contribution in [0.1, 0.15) is 20.8 Å². The number of hydrogen-bond donors (Lipinski definition) is 3. The largest absolute Gasteiger partial charge is 0.326 e. The number of anilines is 3. The van der Waals surface area contributed by atoms with E-state index in [1.165, 1.54) is 93.6 Å². The van der Waals surface area contributed by atoms with Gasteiger partial charge in [0.05, 0.1) is 14.7 Å². The van der Waals surface area contributed by atoms with E-state index in [1.807, 2.05) is 0 Å². The van der Waals surface area contributed by atoms with Crippen molar-refractivity contribution < 1.29 is 39.6 Å². The molecule has 0 aliphatic carbocycles. The monoisotopic (exact) mass is 720 g/mol. The summed E-state index contributed by atoms with van der Waals surface area (Å²) >= 11 is 0. The SMILES string of the molecule is CC(=O)Nc1ccc(S(=O)(=O)N=[N+]=[N-])cc1.CC(=O)Nc1ccc(S(=O)(=O)N=[N+]=[N-])cc1.CC(=O)Nc1ccc(S(=O)(=O)N=[N+]=[N-])cc1. The predicted molar refractivity (Wildman–Crippen MR) is 171 cm³/mol. The first-order valence-corrected chi connectivity index (χ1v) is 16.8. The van der Waals surface area contributed by atoms with Gasteiger partial charge in [0, 0.05) is 66.1 Å². The molecule has 48 heavy (non-hydrogen) atoms. The van der Waals surface area contributed by atoms with E-state index in [4.69, 9.17) is 16.6 Å². The second-order valence-corrected chi connectivity index (χ2v) is 13.3. The molecule has 0 radical (unpaired) electrons. The normalized spacial score (nSPS) is 10.3. The molecule has 0 aromatic heterocycles. The molecule has 3 amide bonds.